The van der Waals surface area contributed by atoms with Crippen LogP contribution < -0.4 is 0 Å². The Bertz CT molecular complexity index is 852. The number of ether oxygens (including phenoxy) is 1. The molecule has 7 heteroatoms. The minimum absolute atomic E-state index is 0.149. The molecule has 0 aliphatic rings. The van der Waals surface area contributed by atoms with Gasteiger partial charge in [0.2, 0.25) is 5.71 Å². The van der Waals surface area contributed by atoms with E-state index >= 15 is 0 Å². The van der Waals surface area contributed by atoms with Crippen molar-refractivity contribution in [2.45, 2.75) is 0 Å². The number of carbonyl (C=O) groups is 1. The van der Waals surface area contributed by atoms with Crippen molar-refractivity contribution in [1.82, 2.24) is 4.98 Å². The zero-order chi connectivity index (χ0) is 14.3. The van der Waals surface area contributed by atoms with Crippen LogP contribution in [-0.4, -0.2) is 23.0 Å². The molecule has 20 heavy (non-hydrogen) atoms. The Morgan fingerprint density at radius 1 is 1.40 bits per heavy atom. The van der Waals surface area contributed by atoms with E-state index < -0.39 is 10.9 Å². The SMILES string of the molecule is COC(=O)c1cc2oc3ncccc3c2cc1[N+](=O)[O-]. The second kappa shape index (κ2) is 4.30. The van der Waals surface area contributed by atoms with Gasteiger partial charge in [0, 0.05) is 29.1 Å². The Morgan fingerprint density at radius 3 is 2.90 bits per heavy atom. The van der Waals surface area contributed by atoms with Crippen molar-refractivity contribution in [3.05, 3.63) is 46.1 Å². The molecule has 0 aliphatic carbocycles. The average Bonchev–Trinajstić information content (AvgIpc) is 2.82. The Hall–Kier alpha value is -2.96. The summed E-state index contributed by atoms with van der Waals surface area (Å²) in [6, 6.07) is 6.06. The van der Waals surface area contributed by atoms with Crippen LogP contribution in [0.1, 0.15) is 10.4 Å². The van der Waals surface area contributed by atoms with Crippen LogP contribution in [0.2, 0.25) is 0 Å². The molecule has 0 saturated carbocycles. The van der Waals surface area contributed by atoms with Gasteiger partial charge in [-0.05, 0) is 12.1 Å². The van der Waals surface area contributed by atoms with E-state index in [4.69, 9.17) is 4.42 Å². The third kappa shape index (κ3) is 1.68. The van der Waals surface area contributed by atoms with Crippen LogP contribution in [0, 0.1) is 10.1 Å². The van der Waals surface area contributed by atoms with Crippen LogP contribution in [0.15, 0.2) is 34.9 Å². The number of esters is 1. The van der Waals surface area contributed by atoms with Crippen molar-refractivity contribution in [2.24, 2.45) is 0 Å². The lowest BCUT2D eigenvalue weighted by Crippen LogP contribution is -2.05. The van der Waals surface area contributed by atoms with E-state index in [2.05, 4.69) is 9.72 Å². The van der Waals surface area contributed by atoms with Crippen molar-refractivity contribution in [3.63, 3.8) is 0 Å². The number of nitrogens with zero attached hydrogens (tertiary/aromatic N) is 2. The Morgan fingerprint density at radius 2 is 2.20 bits per heavy atom. The van der Waals surface area contributed by atoms with Gasteiger partial charge < -0.3 is 9.15 Å². The predicted molar refractivity (Wildman–Crippen MR) is 69.5 cm³/mol. The maximum absolute atomic E-state index is 11.6. The molecule has 0 amide bonds. The first-order valence-corrected chi connectivity index (χ1v) is 5.66. The number of furan rings is 1. The van der Waals surface area contributed by atoms with Gasteiger partial charge in [-0.3, -0.25) is 10.1 Å². The second-order valence-corrected chi connectivity index (χ2v) is 4.07. The quantitative estimate of drug-likeness (QED) is 0.404. The molecule has 2 heterocycles. The summed E-state index contributed by atoms with van der Waals surface area (Å²) in [6.07, 6.45) is 1.56. The van der Waals surface area contributed by atoms with Crippen LogP contribution in [0.4, 0.5) is 5.69 Å². The van der Waals surface area contributed by atoms with E-state index in [1.165, 1.54) is 12.1 Å². The van der Waals surface area contributed by atoms with Gasteiger partial charge in [-0.2, -0.15) is 0 Å². The van der Waals surface area contributed by atoms with E-state index in [9.17, 15) is 14.9 Å². The van der Waals surface area contributed by atoms with E-state index in [0.717, 1.165) is 7.11 Å². The number of aromatic nitrogens is 1. The smallest absolute Gasteiger partial charge is 0.345 e. The number of hydrogen-bond donors (Lipinski definition) is 0. The number of nitro benzene ring substituents is 1. The summed E-state index contributed by atoms with van der Waals surface area (Å²) in [5.41, 5.74) is 0.239. The predicted octanol–water partition coefficient (Wildman–Crippen LogP) is 2.68. The van der Waals surface area contributed by atoms with Crippen molar-refractivity contribution < 1.29 is 18.9 Å². The number of carbonyl (C=O) groups excluding carboxylic acids is 1. The summed E-state index contributed by atoms with van der Waals surface area (Å²) in [6.45, 7) is 0. The molecule has 0 aliphatic heterocycles. The molecule has 0 spiro atoms. The molecule has 1 aromatic carbocycles. The first-order valence-electron chi connectivity index (χ1n) is 5.66. The first-order chi connectivity index (χ1) is 9.61. The molecule has 0 atom stereocenters. The second-order valence-electron chi connectivity index (χ2n) is 4.07. The Balaban J connectivity index is 2.41. The monoisotopic (exact) mass is 272 g/mol. The van der Waals surface area contributed by atoms with Gasteiger partial charge in [-0.15, -0.1) is 0 Å². The average molecular weight is 272 g/mol. The molecule has 0 unspecified atom stereocenters. The molecule has 7 nitrogen and oxygen atoms in total. The van der Waals surface area contributed by atoms with Crippen molar-refractivity contribution >= 4 is 33.7 Å². The van der Waals surface area contributed by atoms with Crippen LogP contribution >= 0.6 is 0 Å². The number of methoxy groups -OCH3 is 1. The highest BCUT2D eigenvalue weighted by atomic mass is 16.6. The minimum Gasteiger partial charge on any atom is -0.465 e. The molecule has 0 fully saturated rings. The lowest BCUT2D eigenvalue weighted by Gasteiger charge is -2.00. The summed E-state index contributed by atoms with van der Waals surface area (Å²) in [5.74, 6) is -0.785. The fourth-order valence-electron chi connectivity index (χ4n) is 2.07. The normalized spacial score (nSPS) is 10.8. The molecule has 0 bridgehead atoms. The van der Waals surface area contributed by atoms with E-state index in [0.29, 0.717) is 22.1 Å². The summed E-state index contributed by atoms with van der Waals surface area (Å²) < 4.78 is 10.0. The zero-order valence-corrected chi connectivity index (χ0v) is 10.3. The van der Waals surface area contributed by atoms with Gasteiger partial charge in [-0.25, -0.2) is 9.78 Å². The number of rotatable bonds is 2. The number of hydrogen-bond acceptors (Lipinski definition) is 6. The van der Waals surface area contributed by atoms with Gasteiger partial charge in [0.25, 0.3) is 5.69 Å². The van der Waals surface area contributed by atoms with Crippen molar-refractivity contribution in [3.8, 4) is 0 Å². The van der Waals surface area contributed by atoms with Gasteiger partial charge in [0.05, 0.1) is 12.0 Å². The molecule has 0 N–H and O–H groups in total. The minimum atomic E-state index is -0.785. The van der Waals surface area contributed by atoms with Crippen LogP contribution in [-0.2, 0) is 4.74 Å². The van der Waals surface area contributed by atoms with E-state index in [1.807, 2.05) is 0 Å². The van der Waals surface area contributed by atoms with E-state index in [-0.39, 0.29) is 11.3 Å². The number of benzene rings is 1. The Labute approximate surface area is 111 Å². The molecule has 3 rings (SSSR count). The van der Waals surface area contributed by atoms with Gasteiger partial charge in [0.1, 0.15) is 11.1 Å². The molecular formula is C13H8N2O5. The number of fused-ring (bicyclic) bond motifs is 3. The largest absolute Gasteiger partial charge is 0.465 e. The summed E-state index contributed by atoms with van der Waals surface area (Å²) >= 11 is 0. The number of nitro groups is 1. The molecule has 3 aromatic rings. The first kappa shape index (κ1) is 12.1. The third-order valence-corrected chi connectivity index (χ3v) is 2.97. The molecule has 0 saturated heterocycles. The fourth-order valence-corrected chi connectivity index (χ4v) is 2.07. The van der Waals surface area contributed by atoms with Gasteiger partial charge in [-0.1, -0.05) is 0 Å². The van der Waals surface area contributed by atoms with Crippen molar-refractivity contribution in [2.75, 3.05) is 7.11 Å². The molecule has 0 radical (unpaired) electrons. The van der Waals surface area contributed by atoms with Crippen molar-refractivity contribution in [1.29, 1.82) is 0 Å². The van der Waals surface area contributed by atoms with Gasteiger partial charge in [0.15, 0.2) is 0 Å². The Kier molecular flexibility index (Phi) is 2.60. The maximum atomic E-state index is 11.6. The molecule has 100 valence electrons. The fraction of sp³-hybridized carbons (Fsp3) is 0.0769. The molecular weight excluding hydrogens is 264 g/mol. The third-order valence-electron chi connectivity index (χ3n) is 2.97. The maximum Gasteiger partial charge on any atom is 0.345 e. The highest BCUT2D eigenvalue weighted by molar-refractivity contribution is 6.08. The molecule has 2 aromatic heterocycles. The topological polar surface area (TPSA) is 95.5 Å². The number of pyridine rings is 1. The van der Waals surface area contributed by atoms with Crippen LogP contribution in [0.25, 0.3) is 22.1 Å². The summed E-state index contributed by atoms with van der Waals surface area (Å²) in [7, 11) is 1.16. The highest BCUT2D eigenvalue weighted by Gasteiger charge is 2.24. The zero-order valence-electron chi connectivity index (χ0n) is 10.3. The standard InChI is InChI=1S/C13H8N2O5/c1-19-13(16)9-6-11-8(5-10(9)15(17)18)7-3-2-4-14-12(7)20-11/h2-6H,1H3. The lowest BCUT2D eigenvalue weighted by molar-refractivity contribution is -0.385. The summed E-state index contributed by atoms with van der Waals surface area (Å²) in [5, 5.41) is 12.3. The van der Waals surface area contributed by atoms with E-state index in [1.54, 1.807) is 18.3 Å². The lowest BCUT2D eigenvalue weighted by atomic mass is 10.1. The van der Waals surface area contributed by atoms with Gasteiger partial charge >= 0.3 is 5.97 Å². The summed E-state index contributed by atoms with van der Waals surface area (Å²) in [4.78, 5) is 26.1. The highest BCUT2D eigenvalue weighted by Crippen LogP contribution is 2.33. The van der Waals surface area contributed by atoms with Crippen LogP contribution in [0.3, 0.4) is 0 Å². The van der Waals surface area contributed by atoms with Crippen LogP contribution in [0.5, 0.6) is 0 Å².